The number of aryl methyl sites for hydroxylation is 1. The van der Waals surface area contributed by atoms with Gasteiger partial charge in [0.1, 0.15) is 11.6 Å². The van der Waals surface area contributed by atoms with Crippen molar-refractivity contribution in [3.8, 4) is 5.88 Å². The third-order valence-electron chi connectivity index (χ3n) is 4.73. The van der Waals surface area contributed by atoms with Crippen LogP contribution in [0.15, 0.2) is 24.3 Å². The predicted molar refractivity (Wildman–Crippen MR) is 123 cm³/mol. The number of urea groups is 1. The van der Waals surface area contributed by atoms with Crippen LogP contribution in [0.25, 0.3) is 0 Å². The Morgan fingerprint density at radius 2 is 1.77 bits per heavy atom. The molecule has 0 unspecified atom stereocenters. The molecule has 0 radical (unpaired) electrons. The molecule has 0 bridgehead atoms. The standard InChI is InChI=1S/C22H32N4O4S/c1-4-16-9-11-17(12-10-16)15-30-19-18(21(27)28)20(31-25-19)24-22(29)23-13-7-5-6-8-14-26(2)3/h9-12H,4-8,13-15H2,1-3H3,(H,27,28)(H2,23,24,29). The lowest BCUT2D eigenvalue weighted by Crippen LogP contribution is -2.29. The van der Waals surface area contributed by atoms with E-state index in [1.165, 1.54) is 5.56 Å². The van der Waals surface area contributed by atoms with Crippen LogP contribution in [0.4, 0.5) is 9.80 Å². The monoisotopic (exact) mass is 448 g/mol. The number of hydrogen-bond acceptors (Lipinski definition) is 6. The molecule has 2 rings (SSSR count). The smallest absolute Gasteiger partial charge is 0.344 e. The first kappa shape index (κ1) is 24.6. The lowest BCUT2D eigenvalue weighted by atomic mass is 10.1. The first-order chi connectivity index (χ1) is 14.9. The van der Waals surface area contributed by atoms with Gasteiger partial charge in [0.05, 0.1) is 0 Å². The SMILES string of the molecule is CCc1ccc(COc2nsc(NC(=O)NCCCCCCN(C)C)c2C(=O)O)cc1. The Labute approximate surface area is 187 Å². The molecule has 0 spiro atoms. The van der Waals surface area contributed by atoms with E-state index in [0.717, 1.165) is 55.7 Å². The summed E-state index contributed by atoms with van der Waals surface area (Å²) in [4.78, 5) is 26.0. The van der Waals surface area contributed by atoms with Crippen LogP contribution in [-0.4, -0.2) is 53.6 Å². The molecule has 8 nitrogen and oxygen atoms in total. The second-order valence-corrected chi connectivity index (χ2v) is 8.33. The number of rotatable bonds is 13. The van der Waals surface area contributed by atoms with E-state index in [-0.39, 0.29) is 23.1 Å². The summed E-state index contributed by atoms with van der Waals surface area (Å²) in [7, 11) is 4.10. The van der Waals surface area contributed by atoms with Gasteiger partial charge in [0.15, 0.2) is 5.56 Å². The molecule has 170 valence electrons. The number of benzene rings is 1. The van der Waals surface area contributed by atoms with Crippen molar-refractivity contribution in [1.82, 2.24) is 14.6 Å². The van der Waals surface area contributed by atoms with Crippen molar-refractivity contribution >= 4 is 28.5 Å². The first-order valence-corrected chi connectivity index (χ1v) is 11.3. The highest BCUT2D eigenvalue weighted by Gasteiger charge is 2.23. The largest absolute Gasteiger partial charge is 0.477 e. The molecule has 0 aliphatic carbocycles. The van der Waals surface area contributed by atoms with Crippen molar-refractivity contribution in [3.05, 3.63) is 41.0 Å². The van der Waals surface area contributed by atoms with Gasteiger partial charge in [0, 0.05) is 6.54 Å². The average Bonchev–Trinajstić information content (AvgIpc) is 3.14. The topological polar surface area (TPSA) is 104 Å². The highest BCUT2D eigenvalue weighted by Crippen LogP contribution is 2.31. The van der Waals surface area contributed by atoms with Crippen molar-refractivity contribution in [2.24, 2.45) is 0 Å². The van der Waals surface area contributed by atoms with Gasteiger partial charge in [-0.15, -0.1) is 0 Å². The molecule has 0 saturated carbocycles. The average molecular weight is 449 g/mol. The van der Waals surface area contributed by atoms with Gasteiger partial charge in [-0.1, -0.05) is 44.0 Å². The Balaban J connectivity index is 1.82. The summed E-state index contributed by atoms with van der Waals surface area (Å²) < 4.78 is 9.69. The van der Waals surface area contributed by atoms with Crippen LogP contribution in [0.1, 0.15) is 54.1 Å². The molecule has 0 saturated heterocycles. The van der Waals surface area contributed by atoms with E-state index in [9.17, 15) is 14.7 Å². The number of carboxylic acid groups (broad SMARTS) is 1. The van der Waals surface area contributed by atoms with Gasteiger partial charge in [0.25, 0.3) is 0 Å². The van der Waals surface area contributed by atoms with Crippen molar-refractivity contribution in [2.45, 2.75) is 45.6 Å². The predicted octanol–water partition coefficient (Wildman–Crippen LogP) is 4.23. The van der Waals surface area contributed by atoms with E-state index in [0.29, 0.717) is 6.54 Å². The maximum absolute atomic E-state index is 12.1. The molecule has 0 fully saturated rings. The van der Waals surface area contributed by atoms with Gasteiger partial charge >= 0.3 is 12.0 Å². The zero-order valence-corrected chi connectivity index (χ0v) is 19.3. The molecular formula is C22H32N4O4S. The van der Waals surface area contributed by atoms with E-state index in [1.54, 1.807) is 0 Å². The minimum absolute atomic E-state index is 0.00765. The summed E-state index contributed by atoms with van der Waals surface area (Å²) >= 11 is 0.895. The number of aromatic nitrogens is 1. The second kappa shape index (κ2) is 12.9. The first-order valence-electron chi connectivity index (χ1n) is 10.5. The zero-order valence-electron chi connectivity index (χ0n) is 18.4. The van der Waals surface area contributed by atoms with Crippen molar-refractivity contribution in [3.63, 3.8) is 0 Å². The lowest BCUT2D eigenvalue weighted by Gasteiger charge is -2.09. The molecule has 2 amide bonds. The number of nitrogens with zero attached hydrogens (tertiary/aromatic N) is 2. The molecular weight excluding hydrogens is 416 g/mol. The van der Waals surface area contributed by atoms with Crippen molar-refractivity contribution in [2.75, 3.05) is 32.5 Å². The van der Waals surface area contributed by atoms with E-state index in [4.69, 9.17) is 4.74 Å². The molecule has 1 aromatic carbocycles. The maximum Gasteiger partial charge on any atom is 0.344 e. The summed E-state index contributed by atoms with van der Waals surface area (Å²) in [6.07, 6.45) is 5.10. The number of nitrogens with one attached hydrogen (secondary N) is 2. The Morgan fingerprint density at radius 3 is 2.42 bits per heavy atom. The van der Waals surface area contributed by atoms with Crippen molar-refractivity contribution in [1.29, 1.82) is 0 Å². The maximum atomic E-state index is 12.1. The summed E-state index contributed by atoms with van der Waals surface area (Å²) in [6, 6.07) is 7.47. The molecule has 2 aromatic rings. The van der Waals surface area contributed by atoms with Crippen LogP contribution in [0, 0.1) is 0 Å². The number of carbonyl (C=O) groups is 2. The fourth-order valence-electron chi connectivity index (χ4n) is 2.93. The molecule has 1 aromatic heterocycles. The quantitative estimate of drug-likeness (QED) is 0.396. The summed E-state index contributed by atoms with van der Waals surface area (Å²) in [5, 5.41) is 15.1. The molecule has 0 atom stereocenters. The van der Waals surface area contributed by atoms with E-state index < -0.39 is 12.0 Å². The Morgan fingerprint density at radius 1 is 1.10 bits per heavy atom. The second-order valence-electron chi connectivity index (χ2n) is 7.55. The summed E-state index contributed by atoms with van der Waals surface area (Å²) in [5.74, 6) is -1.19. The van der Waals surface area contributed by atoms with E-state index >= 15 is 0 Å². The third kappa shape index (κ3) is 8.55. The molecule has 9 heteroatoms. The number of unbranched alkanes of at least 4 members (excludes halogenated alkanes) is 3. The van der Waals surface area contributed by atoms with E-state index in [2.05, 4.69) is 40.9 Å². The van der Waals surface area contributed by atoms with Gasteiger partial charge in [0.2, 0.25) is 5.88 Å². The number of hydrogen-bond donors (Lipinski definition) is 3. The Kier molecular flexibility index (Phi) is 10.3. The van der Waals surface area contributed by atoms with Gasteiger partial charge in [-0.2, -0.15) is 4.37 Å². The number of aromatic carboxylic acids is 1. The molecule has 31 heavy (non-hydrogen) atoms. The van der Waals surface area contributed by atoms with Gasteiger partial charge < -0.3 is 20.1 Å². The van der Waals surface area contributed by atoms with Crippen LogP contribution in [0.3, 0.4) is 0 Å². The normalized spacial score (nSPS) is 10.8. The minimum Gasteiger partial charge on any atom is -0.477 e. The van der Waals surface area contributed by atoms with Gasteiger partial charge in [-0.3, -0.25) is 5.32 Å². The molecule has 0 aliphatic heterocycles. The molecule has 1 heterocycles. The number of anilines is 1. The van der Waals surface area contributed by atoms with Crippen LogP contribution >= 0.6 is 11.5 Å². The molecule has 3 N–H and O–H groups in total. The molecule has 0 aliphatic rings. The van der Waals surface area contributed by atoms with Crippen LogP contribution in [0.5, 0.6) is 5.88 Å². The fourth-order valence-corrected chi connectivity index (χ4v) is 3.65. The van der Waals surface area contributed by atoms with E-state index in [1.807, 2.05) is 24.3 Å². The van der Waals surface area contributed by atoms with Crippen LogP contribution < -0.4 is 15.4 Å². The summed E-state index contributed by atoms with van der Waals surface area (Å²) in [6.45, 7) is 3.88. The fraction of sp³-hybridized carbons (Fsp3) is 0.500. The third-order valence-corrected chi connectivity index (χ3v) is 5.47. The number of ether oxygens (including phenoxy) is 1. The van der Waals surface area contributed by atoms with Crippen molar-refractivity contribution < 1.29 is 19.4 Å². The van der Waals surface area contributed by atoms with Crippen LogP contribution in [-0.2, 0) is 13.0 Å². The number of carboxylic acids is 1. The Bertz CT molecular complexity index is 837. The summed E-state index contributed by atoms with van der Waals surface area (Å²) in [5.41, 5.74) is 2.00. The Hall–Kier alpha value is -2.65. The number of amides is 2. The highest BCUT2D eigenvalue weighted by atomic mass is 32.1. The zero-order chi connectivity index (χ0) is 22.6. The lowest BCUT2D eigenvalue weighted by molar-refractivity contribution is 0.0693. The minimum atomic E-state index is -1.19. The van der Waals surface area contributed by atoms with Gasteiger partial charge in [-0.25, -0.2) is 9.59 Å². The van der Waals surface area contributed by atoms with Gasteiger partial charge in [-0.05, 0) is 62.6 Å². The van der Waals surface area contributed by atoms with Crippen LogP contribution in [0.2, 0.25) is 0 Å². The number of carbonyl (C=O) groups excluding carboxylic acids is 1. The highest BCUT2D eigenvalue weighted by molar-refractivity contribution is 7.11.